The van der Waals surface area contributed by atoms with Gasteiger partial charge in [0.25, 0.3) is 5.69 Å². The number of nitrogens with zero attached hydrogens (tertiary/aromatic N) is 4. The van der Waals surface area contributed by atoms with Gasteiger partial charge in [-0.05, 0) is 31.9 Å². The number of aromatic nitrogens is 2. The van der Waals surface area contributed by atoms with Crippen LogP contribution in [0.3, 0.4) is 0 Å². The Morgan fingerprint density at radius 2 is 2.21 bits per heavy atom. The van der Waals surface area contributed by atoms with Gasteiger partial charge in [-0.2, -0.15) is 0 Å². The molecule has 0 radical (unpaired) electrons. The predicted octanol–water partition coefficient (Wildman–Crippen LogP) is 3.39. The zero-order valence-corrected chi connectivity index (χ0v) is 13.9. The monoisotopic (exact) mass is 348 g/mol. The Labute approximate surface area is 144 Å². The maximum Gasteiger partial charge on any atom is 0.290 e. The maximum atomic E-state index is 10.9. The fraction of sp³-hybridized carbons (Fsp3) is 0.375. The number of rotatable bonds is 4. The van der Waals surface area contributed by atoms with E-state index in [0.717, 1.165) is 25.2 Å². The van der Waals surface area contributed by atoms with Crippen molar-refractivity contribution < 1.29 is 9.66 Å². The van der Waals surface area contributed by atoms with Crippen molar-refractivity contribution in [3.05, 3.63) is 51.3 Å². The van der Waals surface area contributed by atoms with Crippen LogP contribution in [-0.4, -0.2) is 34.1 Å². The Bertz CT molecular complexity index is 739. The summed E-state index contributed by atoms with van der Waals surface area (Å²) < 4.78 is 5.91. The van der Waals surface area contributed by atoms with Crippen molar-refractivity contribution in [1.29, 1.82) is 0 Å². The smallest absolute Gasteiger partial charge is 0.290 e. The Morgan fingerprint density at radius 1 is 1.38 bits per heavy atom. The van der Waals surface area contributed by atoms with Crippen LogP contribution in [0.5, 0.6) is 5.88 Å². The molecule has 3 rings (SSSR count). The number of piperidine rings is 1. The molecule has 1 aliphatic rings. The fourth-order valence-electron chi connectivity index (χ4n) is 2.75. The Balaban J connectivity index is 1.70. The van der Waals surface area contributed by atoms with E-state index in [0.29, 0.717) is 23.1 Å². The number of hydrogen-bond donors (Lipinski definition) is 0. The molecule has 3 heterocycles. The first-order valence-corrected chi connectivity index (χ1v) is 8.06. The summed E-state index contributed by atoms with van der Waals surface area (Å²) in [6, 6.07) is 6.68. The molecule has 0 bridgehead atoms. The second-order valence-electron chi connectivity index (χ2n) is 5.67. The molecule has 8 heteroatoms. The van der Waals surface area contributed by atoms with Gasteiger partial charge in [-0.25, -0.2) is 9.97 Å². The first kappa shape index (κ1) is 16.4. The summed E-state index contributed by atoms with van der Waals surface area (Å²) in [5.41, 5.74) is 0.453. The van der Waals surface area contributed by atoms with Crippen LogP contribution in [0.15, 0.2) is 30.5 Å². The van der Waals surface area contributed by atoms with Crippen molar-refractivity contribution in [2.24, 2.45) is 0 Å². The Hall–Kier alpha value is -2.41. The molecular formula is C16H17ClN4O3. The molecule has 1 atom stereocenters. The third-order valence-corrected chi connectivity index (χ3v) is 4.15. The van der Waals surface area contributed by atoms with Crippen molar-refractivity contribution in [2.75, 3.05) is 18.0 Å². The topological polar surface area (TPSA) is 81.4 Å². The number of pyridine rings is 2. The average Bonchev–Trinajstić information content (AvgIpc) is 2.57. The highest BCUT2D eigenvalue weighted by atomic mass is 35.5. The maximum absolute atomic E-state index is 10.9. The Kier molecular flexibility index (Phi) is 4.80. The molecule has 2 aromatic heterocycles. The van der Waals surface area contributed by atoms with Crippen LogP contribution in [0.4, 0.5) is 11.5 Å². The number of hydrogen-bond acceptors (Lipinski definition) is 6. The number of halogens is 1. The minimum atomic E-state index is -0.416. The molecule has 2 aromatic rings. The highest BCUT2D eigenvalue weighted by Gasteiger charge is 2.24. The van der Waals surface area contributed by atoms with Gasteiger partial charge in [0.15, 0.2) is 0 Å². The summed E-state index contributed by atoms with van der Waals surface area (Å²) in [5, 5.41) is 11.5. The van der Waals surface area contributed by atoms with E-state index in [4.69, 9.17) is 16.3 Å². The van der Waals surface area contributed by atoms with E-state index < -0.39 is 4.92 Å². The average molecular weight is 349 g/mol. The van der Waals surface area contributed by atoms with Crippen molar-refractivity contribution in [3.8, 4) is 5.88 Å². The molecule has 1 saturated heterocycles. The molecule has 1 aliphatic heterocycles. The van der Waals surface area contributed by atoms with E-state index in [1.807, 2.05) is 0 Å². The standard InChI is InChI=1S/C16H17ClN4O3/c1-11-14(21(22)23)5-6-15(19-11)20-8-2-3-13(10-20)24-16-7-4-12(17)9-18-16/h4-7,9,13H,2-3,8,10H2,1H3. The quantitative estimate of drug-likeness (QED) is 0.622. The highest BCUT2D eigenvalue weighted by Crippen LogP contribution is 2.24. The third-order valence-electron chi connectivity index (χ3n) is 3.93. The van der Waals surface area contributed by atoms with Gasteiger partial charge in [-0.3, -0.25) is 10.1 Å². The largest absolute Gasteiger partial charge is 0.472 e. The molecule has 7 nitrogen and oxygen atoms in total. The minimum Gasteiger partial charge on any atom is -0.472 e. The molecule has 0 saturated carbocycles. The van der Waals surface area contributed by atoms with Crippen LogP contribution in [-0.2, 0) is 0 Å². The fourth-order valence-corrected chi connectivity index (χ4v) is 2.87. The predicted molar refractivity (Wildman–Crippen MR) is 90.7 cm³/mol. The Morgan fingerprint density at radius 3 is 2.88 bits per heavy atom. The molecule has 126 valence electrons. The van der Waals surface area contributed by atoms with E-state index in [1.54, 1.807) is 31.3 Å². The van der Waals surface area contributed by atoms with Crippen LogP contribution in [0.1, 0.15) is 18.5 Å². The summed E-state index contributed by atoms with van der Waals surface area (Å²) >= 11 is 5.82. The van der Waals surface area contributed by atoms with Gasteiger partial charge in [-0.1, -0.05) is 11.6 Å². The lowest BCUT2D eigenvalue weighted by Gasteiger charge is -2.33. The number of ether oxygens (including phenoxy) is 1. The molecule has 1 unspecified atom stereocenters. The lowest BCUT2D eigenvalue weighted by molar-refractivity contribution is -0.385. The highest BCUT2D eigenvalue weighted by molar-refractivity contribution is 6.30. The molecule has 1 fully saturated rings. The molecular weight excluding hydrogens is 332 g/mol. The lowest BCUT2D eigenvalue weighted by Crippen LogP contribution is -2.41. The van der Waals surface area contributed by atoms with Crippen molar-refractivity contribution in [1.82, 2.24) is 9.97 Å². The zero-order valence-electron chi connectivity index (χ0n) is 13.2. The van der Waals surface area contributed by atoms with E-state index in [2.05, 4.69) is 14.9 Å². The molecule has 0 amide bonds. The van der Waals surface area contributed by atoms with Gasteiger partial charge >= 0.3 is 0 Å². The van der Waals surface area contributed by atoms with Gasteiger partial charge in [0.05, 0.1) is 16.5 Å². The minimum absolute atomic E-state index is 0.00952. The second kappa shape index (κ2) is 7.00. The van der Waals surface area contributed by atoms with Crippen LogP contribution < -0.4 is 9.64 Å². The second-order valence-corrected chi connectivity index (χ2v) is 6.11. The SMILES string of the molecule is Cc1nc(N2CCCC(Oc3ccc(Cl)cn3)C2)ccc1[N+](=O)[O-]. The molecule has 0 aromatic carbocycles. The molecule has 24 heavy (non-hydrogen) atoms. The number of anilines is 1. The van der Waals surface area contributed by atoms with E-state index in [9.17, 15) is 10.1 Å². The lowest BCUT2D eigenvalue weighted by atomic mass is 10.1. The normalized spacial score (nSPS) is 17.6. The van der Waals surface area contributed by atoms with Crippen LogP contribution >= 0.6 is 11.6 Å². The van der Waals surface area contributed by atoms with Crippen LogP contribution in [0, 0.1) is 17.0 Å². The number of aryl methyl sites for hydroxylation is 1. The van der Waals surface area contributed by atoms with E-state index in [1.165, 1.54) is 6.07 Å². The van der Waals surface area contributed by atoms with Gasteiger partial charge in [0, 0.05) is 24.9 Å². The first-order chi connectivity index (χ1) is 11.5. The van der Waals surface area contributed by atoms with Gasteiger partial charge in [0.1, 0.15) is 17.6 Å². The summed E-state index contributed by atoms with van der Waals surface area (Å²) in [6.07, 6.45) is 3.42. The molecule has 0 N–H and O–H groups in total. The van der Waals surface area contributed by atoms with Gasteiger partial charge in [0.2, 0.25) is 5.88 Å². The van der Waals surface area contributed by atoms with E-state index >= 15 is 0 Å². The first-order valence-electron chi connectivity index (χ1n) is 7.68. The summed E-state index contributed by atoms with van der Waals surface area (Å²) in [6.45, 7) is 3.16. The van der Waals surface area contributed by atoms with Gasteiger partial charge in [-0.15, -0.1) is 0 Å². The van der Waals surface area contributed by atoms with Crippen molar-refractivity contribution >= 4 is 23.1 Å². The van der Waals surface area contributed by atoms with Crippen LogP contribution in [0.2, 0.25) is 5.02 Å². The third kappa shape index (κ3) is 3.73. The van der Waals surface area contributed by atoms with E-state index in [-0.39, 0.29) is 11.8 Å². The van der Waals surface area contributed by atoms with Crippen LogP contribution in [0.25, 0.3) is 0 Å². The summed E-state index contributed by atoms with van der Waals surface area (Å²) in [5.74, 6) is 1.27. The number of nitro groups is 1. The summed E-state index contributed by atoms with van der Waals surface area (Å²) in [7, 11) is 0. The molecule has 0 spiro atoms. The van der Waals surface area contributed by atoms with Crippen molar-refractivity contribution in [2.45, 2.75) is 25.9 Å². The molecule has 0 aliphatic carbocycles. The zero-order chi connectivity index (χ0) is 17.1. The van der Waals surface area contributed by atoms with Crippen molar-refractivity contribution in [3.63, 3.8) is 0 Å². The summed E-state index contributed by atoms with van der Waals surface area (Å²) in [4.78, 5) is 21.1. The van der Waals surface area contributed by atoms with Gasteiger partial charge < -0.3 is 9.64 Å².